The largest absolute Gasteiger partial charge is 0.408 e. The Morgan fingerprint density at radius 3 is 2.24 bits per heavy atom. The SMILES string of the molecule is Clc1ccc(Nc2nnc(Cc3ccccc3Nc3c(Cl)cccc3Cl)o2)cc1. The van der Waals surface area contributed by atoms with E-state index in [-0.39, 0.29) is 0 Å². The first-order chi connectivity index (χ1) is 14.1. The van der Waals surface area contributed by atoms with E-state index in [0.717, 1.165) is 16.9 Å². The van der Waals surface area contributed by atoms with Gasteiger partial charge in [-0.05, 0) is 48.0 Å². The molecule has 0 aliphatic rings. The summed E-state index contributed by atoms with van der Waals surface area (Å²) in [5.41, 5.74) is 3.28. The van der Waals surface area contributed by atoms with Crippen LogP contribution in [-0.4, -0.2) is 10.2 Å². The van der Waals surface area contributed by atoms with Crippen LogP contribution in [0.5, 0.6) is 0 Å². The molecule has 0 unspecified atom stereocenters. The van der Waals surface area contributed by atoms with Gasteiger partial charge in [0.2, 0.25) is 5.89 Å². The number of hydrogen-bond acceptors (Lipinski definition) is 5. The molecule has 2 N–H and O–H groups in total. The molecule has 4 aromatic rings. The van der Waals surface area contributed by atoms with Crippen molar-refractivity contribution in [2.45, 2.75) is 6.42 Å². The molecule has 0 fully saturated rings. The lowest BCUT2D eigenvalue weighted by molar-refractivity contribution is 0.521. The zero-order valence-electron chi connectivity index (χ0n) is 15.0. The summed E-state index contributed by atoms with van der Waals surface area (Å²) >= 11 is 18.5. The van der Waals surface area contributed by atoms with Gasteiger partial charge in [-0.2, -0.15) is 0 Å². The molecule has 1 aromatic heterocycles. The van der Waals surface area contributed by atoms with Crippen LogP contribution >= 0.6 is 34.8 Å². The quantitative estimate of drug-likeness (QED) is 0.331. The van der Waals surface area contributed by atoms with Gasteiger partial charge >= 0.3 is 6.01 Å². The third-order valence-electron chi connectivity index (χ3n) is 4.14. The molecule has 1 heterocycles. The maximum absolute atomic E-state index is 6.28. The van der Waals surface area contributed by atoms with Crippen molar-refractivity contribution >= 4 is 57.9 Å². The third kappa shape index (κ3) is 4.82. The van der Waals surface area contributed by atoms with Gasteiger partial charge in [-0.25, -0.2) is 0 Å². The molecule has 146 valence electrons. The van der Waals surface area contributed by atoms with Crippen molar-refractivity contribution in [2.75, 3.05) is 10.6 Å². The van der Waals surface area contributed by atoms with Crippen molar-refractivity contribution in [1.82, 2.24) is 10.2 Å². The number of halogens is 3. The monoisotopic (exact) mass is 444 g/mol. The first-order valence-electron chi connectivity index (χ1n) is 8.72. The van der Waals surface area contributed by atoms with Crippen molar-refractivity contribution in [2.24, 2.45) is 0 Å². The molecule has 0 atom stereocenters. The Bertz CT molecular complexity index is 1110. The van der Waals surface area contributed by atoms with Crippen molar-refractivity contribution in [3.63, 3.8) is 0 Å². The zero-order chi connectivity index (χ0) is 20.2. The average molecular weight is 446 g/mol. The first kappa shape index (κ1) is 19.6. The van der Waals surface area contributed by atoms with Crippen molar-refractivity contribution in [1.29, 1.82) is 0 Å². The summed E-state index contributed by atoms with van der Waals surface area (Å²) in [6.45, 7) is 0. The Hall–Kier alpha value is -2.73. The summed E-state index contributed by atoms with van der Waals surface area (Å²) < 4.78 is 5.73. The Balaban J connectivity index is 1.52. The van der Waals surface area contributed by atoms with Crippen LogP contribution in [0.1, 0.15) is 11.5 Å². The maximum Gasteiger partial charge on any atom is 0.320 e. The highest BCUT2D eigenvalue weighted by atomic mass is 35.5. The number of nitrogens with one attached hydrogen (secondary N) is 2. The van der Waals surface area contributed by atoms with Crippen molar-refractivity contribution < 1.29 is 4.42 Å². The predicted octanol–water partition coefficient (Wildman–Crippen LogP) is 7.11. The van der Waals surface area contributed by atoms with Crippen LogP contribution in [0.25, 0.3) is 0 Å². The van der Waals surface area contributed by atoms with E-state index < -0.39 is 0 Å². The van der Waals surface area contributed by atoms with Gasteiger partial charge in [0.05, 0.1) is 22.2 Å². The normalized spacial score (nSPS) is 10.7. The maximum atomic E-state index is 6.28. The van der Waals surface area contributed by atoms with Gasteiger partial charge in [0.25, 0.3) is 0 Å². The van der Waals surface area contributed by atoms with Crippen molar-refractivity contribution in [3.8, 4) is 0 Å². The summed E-state index contributed by atoms with van der Waals surface area (Å²) in [5.74, 6) is 0.473. The lowest BCUT2D eigenvalue weighted by atomic mass is 10.1. The summed E-state index contributed by atoms with van der Waals surface area (Å²) in [6.07, 6.45) is 0.445. The van der Waals surface area contributed by atoms with Crippen LogP contribution in [0, 0.1) is 0 Å². The fourth-order valence-electron chi connectivity index (χ4n) is 2.74. The predicted molar refractivity (Wildman–Crippen MR) is 118 cm³/mol. The molecule has 0 saturated carbocycles. The first-order valence-corrected chi connectivity index (χ1v) is 9.86. The molecule has 0 saturated heterocycles. The van der Waals surface area contributed by atoms with Crippen molar-refractivity contribution in [3.05, 3.63) is 93.3 Å². The Kier molecular flexibility index (Phi) is 5.90. The Labute approximate surface area is 182 Å². The zero-order valence-corrected chi connectivity index (χ0v) is 17.3. The molecular formula is C21H15Cl3N4O. The summed E-state index contributed by atoms with van der Waals surface area (Å²) in [4.78, 5) is 0. The fraction of sp³-hybridized carbons (Fsp3) is 0.0476. The van der Waals surface area contributed by atoms with E-state index >= 15 is 0 Å². The molecule has 0 radical (unpaired) electrons. The highest BCUT2D eigenvalue weighted by Crippen LogP contribution is 2.34. The highest BCUT2D eigenvalue weighted by molar-refractivity contribution is 6.39. The topological polar surface area (TPSA) is 63.0 Å². The minimum atomic E-state index is 0.307. The molecule has 0 aliphatic heterocycles. The fourth-order valence-corrected chi connectivity index (χ4v) is 3.36. The van der Waals surface area contributed by atoms with E-state index in [9.17, 15) is 0 Å². The van der Waals surface area contributed by atoms with Gasteiger partial charge in [0, 0.05) is 16.4 Å². The number of nitrogens with zero attached hydrogens (tertiary/aromatic N) is 2. The molecule has 0 amide bonds. The van der Waals surface area contributed by atoms with E-state index in [1.54, 1.807) is 30.3 Å². The smallest absolute Gasteiger partial charge is 0.320 e. The molecule has 3 aromatic carbocycles. The second-order valence-electron chi connectivity index (χ2n) is 6.19. The number of hydrogen-bond donors (Lipinski definition) is 2. The minimum absolute atomic E-state index is 0.307. The summed E-state index contributed by atoms with van der Waals surface area (Å²) in [7, 11) is 0. The number of benzene rings is 3. The lowest BCUT2D eigenvalue weighted by Gasteiger charge is -2.13. The van der Waals surface area contributed by atoms with E-state index in [2.05, 4.69) is 20.8 Å². The third-order valence-corrected chi connectivity index (χ3v) is 5.03. The number of rotatable bonds is 6. The van der Waals surface area contributed by atoms with Crippen LogP contribution in [0.4, 0.5) is 23.1 Å². The van der Waals surface area contributed by atoms with E-state index in [4.69, 9.17) is 39.2 Å². The second-order valence-corrected chi connectivity index (χ2v) is 7.44. The number of aromatic nitrogens is 2. The Morgan fingerprint density at radius 2 is 1.48 bits per heavy atom. The standard InChI is InChI=1S/C21H15Cl3N4O/c22-14-8-10-15(11-9-14)25-21-28-27-19(29-21)12-13-4-1-2-7-18(13)26-20-16(23)5-3-6-17(20)24/h1-11,26H,12H2,(H,25,28). The van der Waals surface area contributed by atoms with Crippen LogP contribution < -0.4 is 10.6 Å². The average Bonchev–Trinajstić information content (AvgIpc) is 3.15. The van der Waals surface area contributed by atoms with E-state index in [1.165, 1.54) is 0 Å². The highest BCUT2D eigenvalue weighted by Gasteiger charge is 2.12. The van der Waals surface area contributed by atoms with Gasteiger partial charge in [-0.1, -0.05) is 64.2 Å². The Morgan fingerprint density at radius 1 is 0.759 bits per heavy atom. The number of anilines is 4. The second kappa shape index (κ2) is 8.74. The summed E-state index contributed by atoms with van der Waals surface area (Å²) in [5, 5.41) is 16.3. The molecule has 4 rings (SSSR count). The minimum Gasteiger partial charge on any atom is -0.408 e. The van der Waals surface area contributed by atoms with Gasteiger partial charge in [-0.3, -0.25) is 0 Å². The molecule has 5 nitrogen and oxygen atoms in total. The van der Waals surface area contributed by atoms with E-state index in [1.807, 2.05) is 36.4 Å². The van der Waals surface area contributed by atoms with Crippen LogP contribution in [-0.2, 0) is 6.42 Å². The van der Waals surface area contributed by atoms with Gasteiger partial charge < -0.3 is 15.1 Å². The van der Waals surface area contributed by atoms with Crippen LogP contribution in [0.2, 0.25) is 15.1 Å². The van der Waals surface area contributed by atoms with Gasteiger partial charge in [-0.15, -0.1) is 5.10 Å². The molecule has 0 aliphatic carbocycles. The summed E-state index contributed by atoms with van der Waals surface area (Å²) in [6, 6.07) is 20.7. The molecule has 0 spiro atoms. The van der Waals surface area contributed by atoms with Gasteiger partial charge in [0.15, 0.2) is 0 Å². The molecule has 29 heavy (non-hydrogen) atoms. The molecular weight excluding hydrogens is 431 g/mol. The molecule has 0 bridgehead atoms. The number of para-hydroxylation sites is 2. The molecule has 8 heteroatoms. The lowest BCUT2D eigenvalue weighted by Crippen LogP contribution is -1.98. The van der Waals surface area contributed by atoms with E-state index in [0.29, 0.717) is 39.1 Å². The van der Waals surface area contributed by atoms with Crippen LogP contribution in [0.3, 0.4) is 0 Å². The van der Waals surface area contributed by atoms with Crippen LogP contribution in [0.15, 0.2) is 71.1 Å². The van der Waals surface area contributed by atoms with Gasteiger partial charge in [0.1, 0.15) is 0 Å².